The molecule has 21 heavy (non-hydrogen) atoms. The summed E-state index contributed by atoms with van der Waals surface area (Å²) in [5.41, 5.74) is 1.07. The molecular formula is C15H22Cl2N2OS. The summed E-state index contributed by atoms with van der Waals surface area (Å²) < 4.78 is 0. The number of hydrogen-bond donors (Lipinski definition) is 1. The van der Waals surface area contributed by atoms with Gasteiger partial charge in [-0.1, -0.05) is 23.7 Å². The van der Waals surface area contributed by atoms with Crippen LogP contribution in [0, 0.1) is 0 Å². The molecule has 1 aliphatic rings. The van der Waals surface area contributed by atoms with E-state index < -0.39 is 0 Å². The number of amides is 1. The van der Waals surface area contributed by atoms with Gasteiger partial charge in [0.2, 0.25) is 5.91 Å². The minimum absolute atomic E-state index is 0. The number of carbonyl (C=O) groups is 1. The SMILES string of the molecule is CC(c1cccc(Cl)c1)N(C)C(=O)CC1CSCCN1.Cl. The molecule has 1 amide bonds. The molecule has 1 aromatic carbocycles. The van der Waals surface area contributed by atoms with E-state index in [0.29, 0.717) is 17.5 Å². The van der Waals surface area contributed by atoms with Crippen molar-refractivity contribution in [2.75, 3.05) is 25.1 Å². The van der Waals surface area contributed by atoms with E-state index in [-0.39, 0.29) is 24.4 Å². The van der Waals surface area contributed by atoms with Crippen LogP contribution in [0.15, 0.2) is 24.3 Å². The second-order valence-corrected chi connectivity index (χ2v) is 6.75. The molecule has 1 aromatic rings. The van der Waals surface area contributed by atoms with Gasteiger partial charge in [-0.2, -0.15) is 11.8 Å². The van der Waals surface area contributed by atoms with Crippen LogP contribution in [0.4, 0.5) is 0 Å². The number of rotatable bonds is 4. The van der Waals surface area contributed by atoms with Gasteiger partial charge in [-0.15, -0.1) is 12.4 Å². The Morgan fingerprint density at radius 2 is 2.33 bits per heavy atom. The topological polar surface area (TPSA) is 32.3 Å². The molecule has 118 valence electrons. The molecule has 0 saturated carbocycles. The van der Waals surface area contributed by atoms with E-state index in [1.807, 2.05) is 54.9 Å². The fourth-order valence-corrected chi connectivity index (χ4v) is 3.46. The number of nitrogens with one attached hydrogen (secondary N) is 1. The fraction of sp³-hybridized carbons (Fsp3) is 0.533. The van der Waals surface area contributed by atoms with Crippen molar-refractivity contribution in [3.63, 3.8) is 0 Å². The Morgan fingerprint density at radius 1 is 1.57 bits per heavy atom. The molecule has 0 bridgehead atoms. The van der Waals surface area contributed by atoms with Crippen LogP contribution in [0.2, 0.25) is 5.02 Å². The van der Waals surface area contributed by atoms with Crippen molar-refractivity contribution in [1.29, 1.82) is 0 Å². The lowest BCUT2D eigenvalue weighted by atomic mass is 10.1. The van der Waals surface area contributed by atoms with Gasteiger partial charge in [-0.05, 0) is 24.6 Å². The monoisotopic (exact) mass is 348 g/mol. The molecule has 6 heteroatoms. The Bertz CT molecular complexity index is 467. The van der Waals surface area contributed by atoms with E-state index in [4.69, 9.17) is 11.6 Å². The zero-order valence-electron chi connectivity index (χ0n) is 12.3. The predicted molar refractivity (Wildman–Crippen MR) is 93.6 cm³/mol. The van der Waals surface area contributed by atoms with E-state index in [9.17, 15) is 4.79 Å². The summed E-state index contributed by atoms with van der Waals surface area (Å²) in [6.45, 7) is 3.03. The summed E-state index contributed by atoms with van der Waals surface area (Å²) in [6.07, 6.45) is 0.564. The average Bonchev–Trinajstić information content (AvgIpc) is 2.46. The van der Waals surface area contributed by atoms with Crippen LogP contribution in [0.5, 0.6) is 0 Å². The third kappa shape index (κ3) is 5.37. The molecule has 0 aromatic heterocycles. The molecule has 2 rings (SSSR count). The van der Waals surface area contributed by atoms with E-state index >= 15 is 0 Å². The molecule has 0 spiro atoms. The molecule has 1 heterocycles. The van der Waals surface area contributed by atoms with E-state index in [2.05, 4.69) is 5.32 Å². The molecule has 0 radical (unpaired) electrons. The molecule has 2 unspecified atom stereocenters. The van der Waals surface area contributed by atoms with Gasteiger partial charge in [0.25, 0.3) is 0 Å². The molecule has 1 N–H and O–H groups in total. The molecule has 3 nitrogen and oxygen atoms in total. The van der Waals surface area contributed by atoms with Crippen LogP contribution < -0.4 is 5.32 Å². The van der Waals surface area contributed by atoms with Crippen molar-refractivity contribution in [2.45, 2.75) is 25.4 Å². The average molecular weight is 349 g/mol. The van der Waals surface area contributed by atoms with Crippen molar-refractivity contribution in [3.8, 4) is 0 Å². The standard InChI is InChI=1S/C15H21ClN2OS.ClH/c1-11(12-4-3-5-13(16)8-12)18(2)15(19)9-14-10-20-7-6-17-14;/h3-5,8,11,14,17H,6-7,9-10H2,1-2H3;1H. The summed E-state index contributed by atoms with van der Waals surface area (Å²) in [4.78, 5) is 14.2. The third-order valence-electron chi connectivity index (χ3n) is 3.72. The fourth-order valence-electron chi connectivity index (χ4n) is 2.31. The maximum Gasteiger partial charge on any atom is 0.224 e. The number of nitrogens with zero attached hydrogens (tertiary/aromatic N) is 1. The van der Waals surface area contributed by atoms with Crippen LogP contribution in [-0.4, -0.2) is 41.9 Å². The summed E-state index contributed by atoms with van der Waals surface area (Å²) in [6, 6.07) is 8.04. The second-order valence-electron chi connectivity index (χ2n) is 5.17. The van der Waals surface area contributed by atoms with Gasteiger partial charge in [-0.25, -0.2) is 0 Å². The lowest BCUT2D eigenvalue weighted by Gasteiger charge is -2.29. The van der Waals surface area contributed by atoms with Crippen LogP contribution in [0.1, 0.15) is 24.9 Å². The van der Waals surface area contributed by atoms with Gasteiger partial charge in [0.05, 0.1) is 6.04 Å². The number of halogens is 2. The van der Waals surface area contributed by atoms with E-state index in [1.165, 1.54) is 0 Å². The zero-order chi connectivity index (χ0) is 14.5. The summed E-state index contributed by atoms with van der Waals surface area (Å²) in [7, 11) is 1.86. The summed E-state index contributed by atoms with van der Waals surface area (Å²) >= 11 is 7.93. The van der Waals surface area contributed by atoms with Gasteiger partial charge >= 0.3 is 0 Å². The van der Waals surface area contributed by atoms with Gasteiger partial charge in [0, 0.05) is 42.6 Å². The smallest absolute Gasteiger partial charge is 0.224 e. The van der Waals surface area contributed by atoms with Crippen LogP contribution in [0.25, 0.3) is 0 Å². The number of thioether (sulfide) groups is 1. The highest BCUT2D eigenvalue weighted by Crippen LogP contribution is 2.23. The minimum atomic E-state index is 0. The van der Waals surface area contributed by atoms with Crippen LogP contribution in [0.3, 0.4) is 0 Å². The Labute approximate surface area is 142 Å². The number of carbonyl (C=O) groups excluding carboxylic acids is 1. The van der Waals surface area contributed by atoms with Crippen molar-refractivity contribution in [2.24, 2.45) is 0 Å². The normalized spacial score (nSPS) is 19.5. The molecular weight excluding hydrogens is 327 g/mol. The maximum atomic E-state index is 12.4. The molecule has 1 saturated heterocycles. The minimum Gasteiger partial charge on any atom is -0.339 e. The van der Waals surface area contributed by atoms with Crippen molar-refractivity contribution in [1.82, 2.24) is 10.2 Å². The van der Waals surface area contributed by atoms with Crippen LogP contribution >= 0.6 is 35.8 Å². The zero-order valence-corrected chi connectivity index (χ0v) is 14.7. The predicted octanol–water partition coefficient (Wildman–Crippen LogP) is 3.38. The molecule has 1 aliphatic heterocycles. The number of benzene rings is 1. The van der Waals surface area contributed by atoms with Gasteiger partial charge in [0.15, 0.2) is 0 Å². The Balaban J connectivity index is 0.00000220. The Morgan fingerprint density at radius 3 is 2.95 bits per heavy atom. The first-order valence-electron chi connectivity index (χ1n) is 6.90. The van der Waals surface area contributed by atoms with E-state index in [1.54, 1.807) is 0 Å². The molecule has 0 aliphatic carbocycles. The second kappa shape index (κ2) is 8.89. The lowest BCUT2D eigenvalue weighted by molar-refractivity contribution is -0.132. The van der Waals surface area contributed by atoms with E-state index in [0.717, 1.165) is 23.6 Å². The first-order chi connectivity index (χ1) is 9.58. The first-order valence-corrected chi connectivity index (χ1v) is 8.43. The Kier molecular flexibility index (Phi) is 7.88. The van der Waals surface area contributed by atoms with Gasteiger partial charge in [-0.3, -0.25) is 4.79 Å². The van der Waals surface area contributed by atoms with Crippen LogP contribution in [-0.2, 0) is 4.79 Å². The highest BCUT2D eigenvalue weighted by atomic mass is 35.5. The maximum absolute atomic E-state index is 12.4. The quantitative estimate of drug-likeness (QED) is 0.905. The third-order valence-corrected chi connectivity index (χ3v) is 5.09. The van der Waals surface area contributed by atoms with Crippen molar-refractivity contribution >= 4 is 41.7 Å². The van der Waals surface area contributed by atoms with Gasteiger partial charge < -0.3 is 10.2 Å². The Hall–Kier alpha value is -0.420. The van der Waals surface area contributed by atoms with Gasteiger partial charge in [0.1, 0.15) is 0 Å². The van der Waals surface area contributed by atoms with Crippen molar-refractivity contribution in [3.05, 3.63) is 34.9 Å². The van der Waals surface area contributed by atoms with Crippen molar-refractivity contribution < 1.29 is 4.79 Å². The summed E-state index contributed by atoms with van der Waals surface area (Å²) in [5.74, 6) is 2.34. The largest absolute Gasteiger partial charge is 0.339 e. The molecule has 2 atom stereocenters. The lowest BCUT2D eigenvalue weighted by Crippen LogP contribution is -2.42. The number of hydrogen-bond acceptors (Lipinski definition) is 3. The summed E-state index contributed by atoms with van der Waals surface area (Å²) in [5, 5.41) is 4.11. The highest BCUT2D eigenvalue weighted by Gasteiger charge is 2.22. The first kappa shape index (κ1) is 18.6. The molecule has 1 fully saturated rings. The highest BCUT2D eigenvalue weighted by molar-refractivity contribution is 7.99.